The highest BCUT2D eigenvalue weighted by molar-refractivity contribution is 5.53. The zero-order valence-electron chi connectivity index (χ0n) is 11.1. The van der Waals surface area contributed by atoms with E-state index in [1.165, 1.54) is 12.1 Å². The molecule has 0 aliphatic rings. The van der Waals surface area contributed by atoms with Crippen molar-refractivity contribution in [1.82, 2.24) is 15.0 Å². The van der Waals surface area contributed by atoms with E-state index < -0.39 is 0 Å². The number of aromatic nitrogens is 2. The highest BCUT2D eigenvalue weighted by Crippen LogP contribution is 2.16. The van der Waals surface area contributed by atoms with E-state index >= 15 is 0 Å². The van der Waals surface area contributed by atoms with Gasteiger partial charge in [0.2, 0.25) is 11.7 Å². The maximum atomic E-state index is 12.9. The average molecular weight is 273 g/mol. The lowest BCUT2D eigenvalue weighted by Gasteiger charge is -2.15. The Morgan fingerprint density at radius 1 is 1.15 bits per heavy atom. The smallest absolute Gasteiger partial charge is 0.241 e. The molecule has 4 nitrogen and oxygen atoms in total. The van der Waals surface area contributed by atoms with Crippen LogP contribution >= 0.6 is 0 Å². The Balaban J connectivity index is 2.09. The molecule has 1 aromatic carbocycles. The standard InChI is InChI=1S/C15H16FN3O/c1-3-9-19(10-4-2)11-14-17-15(18-20-14)12-5-7-13(16)8-6-12/h3-8H,1-2,9-11H2. The molecule has 0 N–H and O–H groups in total. The zero-order valence-corrected chi connectivity index (χ0v) is 11.1. The van der Waals surface area contributed by atoms with Crippen LogP contribution < -0.4 is 0 Å². The summed E-state index contributed by atoms with van der Waals surface area (Å²) in [6, 6.07) is 5.98. The highest BCUT2D eigenvalue weighted by Gasteiger charge is 2.11. The van der Waals surface area contributed by atoms with Crippen molar-refractivity contribution in [3.63, 3.8) is 0 Å². The minimum atomic E-state index is -0.291. The van der Waals surface area contributed by atoms with Crippen LogP contribution in [0.2, 0.25) is 0 Å². The largest absolute Gasteiger partial charge is 0.338 e. The second-order valence-electron chi connectivity index (χ2n) is 4.29. The number of benzene rings is 1. The van der Waals surface area contributed by atoms with Gasteiger partial charge in [-0.25, -0.2) is 4.39 Å². The average Bonchev–Trinajstić information content (AvgIpc) is 2.89. The molecule has 0 bridgehead atoms. The lowest BCUT2D eigenvalue weighted by Crippen LogP contribution is -2.23. The molecule has 0 aliphatic heterocycles. The van der Waals surface area contributed by atoms with Crippen LogP contribution in [0.5, 0.6) is 0 Å². The van der Waals surface area contributed by atoms with E-state index in [-0.39, 0.29) is 5.82 Å². The number of nitrogens with zero attached hydrogens (tertiary/aromatic N) is 3. The molecule has 5 heteroatoms. The molecule has 1 heterocycles. The Kier molecular flexibility index (Phi) is 4.79. The molecular formula is C15H16FN3O. The van der Waals surface area contributed by atoms with Gasteiger partial charge in [0.15, 0.2) is 0 Å². The van der Waals surface area contributed by atoms with E-state index in [9.17, 15) is 4.39 Å². The molecule has 0 fully saturated rings. The Bertz CT molecular complexity index is 567. The van der Waals surface area contributed by atoms with Crippen molar-refractivity contribution in [2.75, 3.05) is 13.1 Å². The van der Waals surface area contributed by atoms with E-state index in [1.807, 2.05) is 0 Å². The third-order valence-corrected chi connectivity index (χ3v) is 2.70. The first-order chi connectivity index (χ1) is 9.72. The maximum Gasteiger partial charge on any atom is 0.241 e. The van der Waals surface area contributed by atoms with Crippen molar-refractivity contribution in [2.24, 2.45) is 0 Å². The molecule has 0 amide bonds. The van der Waals surface area contributed by atoms with E-state index in [2.05, 4.69) is 28.2 Å². The van der Waals surface area contributed by atoms with Crippen LogP contribution in [-0.2, 0) is 6.54 Å². The summed E-state index contributed by atoms with van der Waals surface area (Å²) in [5.74, 6) is 0.672. The Morgan fingerprint density at radius 3 is 2.40 bits per heavy atom. The number of halogens is 1. The molecule has 0 saturated heterocycles. The van der Waals surface area contributed by atoms with Gasteiger partial charge < -0.3 is 4.52 Å². The molecule has 2 aromatic rings. The molecule has 0 spiro atoms. The molecule has 0 saturated carbocycles. The molecule has 20 heavy (non-hydrogen) atoms. The second kappa shape index (κ2) is 6.77. The fourth-order valence-electron chi connectivity index (χ4n) is 1.80. The quantitative estimate of drug-likeness (QED) is 0.727. The first kappa shape index (κ1) is 14.1. The fourth-order valence-corrected chi connectivity index (χ4v) is 1.80. The summed E-state index contributed by atoms with van der Waals surface area (Å²) >= 11 is 0. The summed E-state index contributed by atoms with van der Waals surface area (Å²) < 4.78 is 18.1. The number of rotatable bonds is 7. The van der Waals surface area contributed by atoms with Gasteiger partial charge in [0, 0.05) is 18.7 Å². The highest BCUT2D eigenvalue weighted by atomic mass is 19.1. The minimum Gasteiger partial charge on any atom is -0.338 e. The molecule has 0 radical (unpaired) electrons. The first-order valence-corrected chi connectivity index (χ1v) is 6.25. The van der Waals surface area contributed by atoms with Gasteiger partial charge in [0.25, 0.3) is 0 Å². The van der Waals surface area contributed by atoms with Crippen LogP contribution in [0.4, 0.5) is 4.39 Å². The molecule has 2 rings (SSSR count). The van der Waals surface area contributed by atoms with Gasteiger partial charge in [-0.05, 0) is 24.3 Å². The number of hydrogen-bond acceptors (Lipinski definition) is 4. The molecule has 1 aromatic heterocycles. The van der Waals surface area contributed by atoms with Gasteiger partial charge in [-0.2, -0.15) is 4.98 Å². The van der Waals surface area contributed by atoms with Crippen LogP contribution in [0.1, 0.15) is 5.89 Å². The van der Waals surface area contributed by atoms with E-state index in [0.717, 1.165) is 5.56 Å². The Labute approximate surface area is 117 Å². The predicted molar refractivity (Wildman–Crippen MR) is 75.4 cm³/mol. The summed E-state index contributed by atoms with van der Waals surface area (Å²) in [4.78, 5) is 6.36. The molecule has 0 atom stereocenters. The normalized spacial score (nSPS) is 10.7. The van der Waals surface area contributed by atoms with Gasteiger partial charge >= 0.3 is 0 Å². The first-order valence-electron chi connectivity index (χ1n) is 6.25. The summed E-state index contributed by atoms with van der Waals surface area (Å²) in [6.45, 7) is 9.35. The van der Waals surface area contributed by atoms with Crippen LogP contribution in [0.15, 0.2) is 54.1 Å². The lowest BCUT2D eigenvalue weighted by molar-refractivity contribution is 0.266. The fraction of sp³-hybridized carbons (Fsp3) is 0.200. The van der Waals surface area contributed by atoms with Gasteiger partial charge in [-0.1, -0.05) is 17.3 Å². The third-order valence-electron chi connectivity index (χ3n) is 2.70. The molecule has 0 aliphatic carbocycles. The lowest BCUT2D eigenvalue weighted by atomic mass is 10.2. The van der Waals surface area contributed by atoms with Crippen molar-refractivity contribution in [3.8, 4) is 11.4 Å². The number of hydrogen-bond donors (Lipinski definition) is 0. The SMILES string of the molecule is C=CCN(CC=C)Cc1nc(-c2ccc(F)cc2)no1. The summed E-state index contributed by atoms with van der Waals surface area (Å²) in [5, 5.41) is 3.90. The van der Waals surface area contributed by atoms with Gasteiger partial charge in [0.1, 0.15) is 5.82 Å². The Hall–Kier alpha value is -2.27. The van der Waals surface area contributed by atoms with Crippen LogP contribution in [-0.4, -0.2) is 28.1 Å². The van der Waals surface area contributed by atoms with E-state index in [1.54, 1.807) is 24.3 Å². The van der Waals surface area contributed by atoms with Crippen molar-refractivity contribution in [3.05, 3.63) is 61.3 Å². The zero-order chi connectivity index (χ0) is 14.4. The van der Waals surface area contributed by atoms with Gasteiger partial charge in [-0.15, -0.1) is 13.2 Å². The van der Waals surface area contributed by atoms with Crippen molar-refractivity contribution in [1.29, 1.82) is 0 Å². The van der Waals surface area contributed by atoms with Gasteiger partial charge in [0.05, 0.1) is 6.54 Å². The van der Waals surface area contributed by atoms with Crippen molar-refractivity contribution >= 4 is 0 Å². The maximum absolute atomic E-state index is 12.9. The predicted octanol–water partition coefficient (Wildman–Crippen LogP) is 3.05. The van der Waals surface area contributed by atoms with E-state index in [4.69, 9.17) is 4.52 Å². The van der Waals surface area contributed by atoms with Gasteiger partial charge in [-0.3, -0.25) is 4.90 Å². The molecular weight excluding hydrogens is 257 g/mol. The monoisotopic (exact) mass is 273 g/mol. The topological polar surface area (TPSA) is 42.2 Å². The van der Waals surface area contributed by atoms with Crippen LogP contribution in [0.25, 0.3) is 11.4 Å². The molecule has 0 unspecified atom stereocenters. The van der Waals surface area contributed by atoms with Crippen molar-refractivity contribution in [2.45, 2.75) is 6.54 Å². The van der Waals surface area contributed by atoms with Crippen LogP contribution in [0, 0.1) is 5.82 Å². The summed E-state index contributed by atoms with van der Waals surface area (Å²) in [5.41, 5.74) is 0.723. The third kappa shape index (κ3) is 3.61. The molecule has 104 valence electrons. The second-order valence-corrected chi connectivity index (χ2v) is 4.29. The Morgan fingerprint density at radius 2 is 1.80 bits per heavy atom. The van der Waals surface area contributed by atoms with Crippen LogP contribution in [0.3, 0.4) is 0 Å². The summed E-state index contributed by atoms with van der Waals surface area (Å²) in [7, 11) is 0. The van der Waals surface area contributed by atoms with E-state index in [0.29, 0.717) is 31.3 Å². The summed E-state index contributed by atoms with van der Waals surface area (Å²) in [6.07, 6.45) is 3.61. The minimum absolute atomic E-state index is 0.291. The van der Waals surface area contributed by atoms with Crippen molar-refractivity contribution < 1.29 is 8.91 Å².